The average Bonchev–Trinajstić information content (AvgIpc) is 2.46. The summed E-state index contributed by atoms with van der Waals surface area (Å²) in [6.45, 7) is 2.55. The molecule has 20 heavy (non-hydrogen) atoms. The quantitative estimate of drug-likeness (QED) is 0.712. The first-order valence-electron chi connectivity index (χ1n) is 6.77. The van der Waals surface area contributed by atoms with E-state index < -0.39 is 10.0 Å². The van der Waals surface area contributed by atoms with Gasteiger partial charge < -0.3 is 9.47 Å². The summed E-state index contributed by atoms with van der Waals surface area (Å²) in [6, 6.07) is 4.72. The van der Waals surface area contributed by atoms with Gasteiger partial charge in [-0.3, -0.25) is 0 Å². The number of ether oxygens (including phenoxy) is 2. The molecule has 1 aromatic carbocycles. The number of rotatable bonds is 9. The van der Waals surface area contributed by atoms with E-state index in [1.54, 1.807) is 12.1 Å². The predicted octanol–water partition coefficient (Wildman–Crippen LogP) is 2.56. The summed E-state index contributed by atoms with van der Waals surface area (Å²) in [5.41, 5.74) is 0. The van der Waals surface area contributed by atoms with Crippen molar-refractivity contribution in [1.29, 1.82) is 0 Å². The van der Waals surface area contributed by atoms with Crippen molar-refractivity contribution in [3.8, 4) is 11.5 Å². The van der Waals surface area contributed by atoms with E-state index in [2.05, 4.69) is 11.6 Å². The average molecular weight is 301 g/mol. The molecule has 6 heteroatoms. The van der Waals surface area contributed by atoms with E-state index in [9.17, 15) is 8.42 Å². The van der Waals surface area contributed by atoms with E-state index in [0.29, 0.717) is 18.0 Å². The molecule has 0 aliphatic carbocycles. The topological polar surface area (TPSA) is 64.6 Å². The maximum atomic E-state index is 12.3. The highest BCUT2D eigenvalue weighted by Crippen LogP contribution is 2.27. The number of benzene rings is 1. The first-order chi connectivity index (χ1) is 9.55. The monoisotopic (exact) mass is 301 g/mol. The van der Waals surface area contributed by atoms with Crippen LogP contribution in [0.1, 0.15) is 32.6 Å². The van der Waals surface area contributed by atoms with Crippen LogP contribution in [0.2, 0.25) is 0 Å². The second-order valence-corrected chi connectivity index (χ2v) is 6.21. The van der Waals surface area contributed by atoms with Crippen LogP contribution in [0.5, 0.6) is 11.5 Å². The number of unbranched alkanes of at least 4 members (excludes halogenated alkanes) is 3. The lowest BCUT2D eigenvalue weighted by atomic mass is 10.2. The van der Waals surface area contributed by atoms with Gasteiger partial charge in [0.15, 0.2) is 0 Å². The van der Waals surface area contributed by atoms with Gasteiger partial charge in [0.2, 0.25) is 10.0 Å². The van der Waals surface area contributed by atoms with Gasteiger partial charge >= 0.3 is 0 Å². The Morgan fingerprint density at radius 1 is 1.10 bits per heavy atom. The summed E-state index contributed by atoms with van der Waals surface area (Å²) in [5, 5.41) is 0. The van der Waals surface area contributed by atoms with Gasteiger partial charge in [0, 0.05) is 12.6 Å². The van der Waals surface area contributed by atoms with Gasteiger partial charge in [0.25, 0.3) is 0 Å². The first-order valence-corrected chi connectivity index (χ1v) is 8.25. The molecule has 0 fully saturated rings. The Morgan fingerprint density at radius 2 is 1.85 bits per heavy atom. The van der Waals surface area contributed by atoms with Crippen molar-refractivity contribution >= 4 is 10.0 Å². The number of hydrogen-bond acceptors (Lipinski definition) is 4. The Bertz CT molecular complexity index is 514. The van der Waals surface area contributed by atoms with E-state index in [1.807, 2.05) is 0 Å². The molecular weight excluding hydrogens is 278 g/mol. The summed E-state index contributed by atoms with van der Waals surface area (Å²) >= 11 is 0. The maximum Gasteiger partial charge on any atom is 0.244 e. The molecule has 0 amide bonds. The molecule has 5 nitrogen and oxygen atoms in total. The minimum Gasteiger partial charge on any atom is -0.497 e. The highest BCUT2D eigenvalue weighted by Gasteiger charge is 2.19. The van der Waals surface area contributed by atoms with Crippen LogP contribution in [0.15, 0.2) is 23.1 Å². The molecular formula is C14H23NO4S. The van der Waals surface area contributed by atoms with Crippen LogP contribution >= 0.6 is 0 Å². The molecule has 1 rings (SSSR count). The number of nitrogens with one attached hydrogen (secondary N) is 1. The number of methoxy groups -OCH3 is 2. The Balaban J connectivity index is 2.80. The van der Waals surface area contributed by atoms with Crippen LogP contribution in [0, 0.1) is 0 Å². The van der Waals surface area contributed by atoms with Gasteiger partial charge in [-0.2, -0.15) is 0 Å². The van der Waals surface area contributed by atoms with Crippen molar-refractivity contribution in [2.24, 2.45) is 0 Å². The minimum absolute atomic E-state index is 0.106. The van der Waals surface area contributed by atoms with Gasteiger partial charge in [-0.1, -0.05) is 26.2 Å². The molecule has 0 radical (unpaired) electrons. The first kappa shape index (κ1) is 16.8. The standard InChI is InChI=1S/C14H23NO4S/c1-4-5-6-7-10-15-20(16,17)14-11-12(18-2)8-9-13(14)19-3/h8-9,11,15H,4-7,10H2,1-3H3. The molecule has 114 valence electrons. The molecule has 0 spiro atoms. The summed E-state index contributed by atoms with van der Waals surface area (Å²) < 4.78 is 37.3. The molecule has 0 aliphatic rings. The van der Waals surface area contributed by atoms with Crippen molar-refractivity contribution < 1.29 is 17.9 Å². The Labute approximate surface area is 121 Å². The smallest absolute Gasteiger partial charge is 0.244 e. The Kier molecular flexibility index (Phi) is 6.81. The molecule has 0 aromatic heterocycles. The third-order valence-corrected chi connectivity index (χ3v) is 4.46. The van der Waals surface area contributed by atoms with Gasteiger partial charge in [0.1, 0.15) is 16.4 Å². The zero-order valence-electron chi connectivity index (χ0n) is 12.3. The fourth-order valence-corrected chi connectivity index (χ4v) is 3.09. The van der Waals surface area contributed by atoms with E-state index in [4.69, 9.17) is 9.47 Å². The van der Waals surface area contributed by atoms with E-state index >= 15 is 0 Å². The molecule has 1 N–H and O–H groups in total. The predicted molar refractivity (Wildman–Crippen MR) is 78.9 cm³/mol. The van der Waals surface area contributed by atoms with Crippen molar-refractivity contribution in [3.05, 3.63) is 18.2 Å². The third-order valence-electron chi connectivity index (χ3n) is 2.98. The van der Waals surface area contributed by atoms with Gasteiger partial charge in [0.05, 0.1) is 14.2 Å². The maximum absolute atomic E-state index is 12.3. The molecule has 0 bridgehead atoms. The molecule has 0 heterocycles. The summed E-state index contributed by atoms with van der Waals surface area (Å²) in [5.74, 6) is 0.795. The second-order valence-electron chi connectivity index (χ2n) is 4.48. The molecule has 0 aliphatic heterocycles. The van der Waals surface area contributed by atoms with Crippen LogP contribution in [0.4, 0.5) is 0 Å². The lowest BCUT2D eigenvalue weighted by Crippen LogP contribution is -2.25. The van der Waals surface area contributed by atoms with Crippen molar-refractivity contribution in [2.75, 3.05) is 20.8 Å². The largest absolute Gasteiger partial charge is 0.497 e. The fraction of sp³-hybridized carbons (Fsp3) is 0.571. The van der Waals surface area contributed by atoms with Crippen LogP contribution in [0.3, 0.4) is 0 Å². The van der Waals surface area contributed by atoms with Crippen molar-refractivity contribution in [1.82, 2.24) is 4.72 Å². The van der Waals surface area contributed by atoms with Gasteiger partial charge in [-0.05, 0) is 18.6 Å². The van der Waals surface area contributed by atoms with E-state index in [-0.39, 0.29) is 4.90 Å². The normalized spacial score (nSPS) is 11.3. The second kappa shape index (κ2) is 8.11. The highest BCUT2D eigenvalue weighted by atomic mass is 32.2. The summed E-state index contributed by atoms with van der Waals surface area (Å²) in [6.07, 6.45) is 4.09. The van der Waals surface area contributed by atoms with Crippen LogP contribution in [0.25, 0.3) is 0 Å². The molecule has 0 saturated carbocycles. The fourth-order valence-electron chi connectivity index (χ4n) is 1.83. The lowest BCUT2D eigenvalue weighted by molar-refractivity contribution is 0.392. The number of sulfonamides is 1. The van der Waals surface area contributed by atoms with Crippen LogP contribution in [-0.4, -0.2) is 29.2 Å². The summed E-state index contributed by atoms with van der Waals surface area (Å²) in [4.78, 5) is 0.106. The molecule has 0 saturated heterocycles. The zero-order chi connectivity index (χ0) is 15.0. The summed E-state index contributed by atoms with van der Waals surface area (Å²) in [7, 11) is -0.635. The van der Waals surface area contributed by atoms with Crippen molar-refractivity contribution in [3.63, 3.8) is 0 Å². The Hall–Kier alpha value is -1.27. The molecule has 0 atom stereocenters. The molecule has 1 aromatic rings. The van der Waals surface area contributed by atoms with Gasteiger partial charge in [-0.25, -0.2) is 13.1 Å². The minimum atomic E-state index is -3.58. The third kappa shape index (κ3) is 4.68. The van der Waals surface area contributed by atoms with Crippen LogP contribution < -0.4 is 14.2 Å². The zero-order valence-corrected chi connectivity index (χ0v) is 13.1. The van der Waals surface area contributed by atoms with Crippen molar-refractivity contribution in [2.45, 2.75) is 37.5 Å². The highest BCUT2D eigenvalue weighted by molar-refractivity contribution is 7.89. The lowest BCUT2D eigenvalue weighted by Gasteiger charge is -2.12. The SMILES string of the molecule is CCCCCCNS(=O)(=O)c1cc(OC)ccc1OC. The Morgan fingerprint density at radius 3 is 2.45 bits per heavy atom. The number of hydrogen-bond donors (Lipinski definition) is 1. The van der Waals surface area contributed by atoms with Gasteiger partial charge in [-0.15, -0.1) is 0 Å². The molecule has 0 unspecified atom stereocenters. The van der Waals surface area contributed by atoms with Crippen LogP contribution in [-0.2, 0) is 10.0 Å². The van der Waals surface area contributed by atoms with E-state index in [1.165, 1.54) is 20.3 Å². The van der Waals surface area contributed by atoms with E-state index in [0.717, 1.165) is 25.7 Å².